The Labute approximate surface area is 118 Å². The molecular formula is C11H19NO6S2. The molecule has 1 aliphatic heterocycles. The van der Waals surface area contributed by atoms with Crippen LogP contribution in [0.5, 0.6) is 0 Å². The highest BCUT2D eigenvalue weighted by Gasteiger charge is 2.46. The molecule has 0 bridgehead atoms. The molecule has 0 spiro atoms. The van der Waals surface area contributed by atoms with Crippen molar-refractivity contribution in [3.63, 3.8) is 0 Å². The summed E-state index contributed by atoms with van der Waals surface area (Å²) in [4.78, 5) is 11.1. The zero-order valence-electron chi connectivity index (χ0n) is 11.2. The van der Waals surface area contributed by atoms with Crippen LogP contribution in [0.15, 0.2) is 0 Å². The Morgan fingerprint density at radius 1 is 1.25 bits per heavy atom. The molecule has 1 saturated carbocycles. The number of carboxylic acid groups (broad SMARTS) is 1. The molecule has 0 amide bonds. The first-order valence-corrected chi connectivity index (χ1v) is 9.88. The number of sulfonamides is 1. The van der Waals surface area contributed by atoms with Gasteiger partial charge in [0.1, 0.15) is 0 Å². The largest absolute Gasteiger partial charge is 0.481 e. The maximum Gasteiger partial charge on any atom is 0.307 e. The fourth-order valence-electron chi connectivity index (χ4n) is 3.05. The van der Waals surface area contributed by atoms with Gasteiger partial charge in [0, 0.05) is 13.1 Å². The first kappa shape index (κ1) is 15.7. The van der Waals surface area contributed by atoms with Gasteiger partial charge in [-0.05, 0) is 19.3 Å². The summed E-state index contributed by atoms with van der Waals surface area (Å²) in [5, 5.41) is 8.16. The fourth-order valence-corrected chi connectivity index (χ4v) is 7.07. The molecular weight excluding hydrogens is 306 g/mol. The van der Waals surface area contributed by atoms with Crippen LogP contribution in [-0.2, 0) is 24.7 Å². The highest BCUT2D eigenvalue weighted by molar-refractivity contribution is 7.92. The molecule has 0 aromatic heterocycles. The second-order valence-corrected chi connectivity index (χ2v) is 9.97. The molecule has 7 nitrogen and oxygen atoms in total. The molecule has 0 aromatic rings. The fraction of sp³-hybridized carbons (Fsp3) is 0.909. The summed E-state index contributed by atoms with van der Waals surface area (Å²) < 4.78 is 49.0. The van der Waals surface area contributed by atoms with Crippen molar-refractivity contribution >= 4 is 25.8 Å². The van der Waals surface area contributed by atoms with E-state index in [-0.39, 0.29) is 17.9 Å². The SMILES string of the molecule is CN(C1CCS(=O)(=O)C1)S(=O)(=O)C1CCCC1C(=O)O. The van der Waals surface area contributed by atoms with E-state index in [1.165, 1.54) is 7.05 Å². The summed E-state index contributed by atoms with van der Waals surface area (Å²) in [5.41, 5.74) is 0. The van der Waals surface area contributed by atoms with E-state index in [2.05, 4.69) is 0 Å². The number of nitrogens with zero attached hydrogens (tertiary/aromatic N) is 1. The number of aliphatic carboxylic acids is 1. The van der Waals surface area contributed by atoms with Gasteiger partial charge >= 0.3 is 5.97 Å². The van der Waals surface area contributed by atoms with Gasteiger partial charge in [-0.2, -0.15) is 0 Å². The molecule has 116 valence electrons. The highest BCUT2D eigenvalue weighted by atomic mass is 32.2. The minimum absolute atomic E-state index is 0.00937. The summed E-state index contributed by atoms with van der Waals surface area (Å²) >= 11 is 0. The van der Waals surface area contributed by atoms with Crippen LogP contribution in [0.4, 0.5) is 0 Å². The van der Waals surface area contributed by atoms with Crippen LogP contribution in [0.3, 0.4) is 0 Å². The van der Waals surface area contributed by atoms with Gasteiger partial charge in [0.15, 0.2) is 9.84 Å². The quantitative estimate of drug-likeness (QED) is 0.759. The lowest BCUT2D eigenvalue weighted by Gasteiger charge is -2.27. The zero-order chi connectivity index (χ0) is 15.1. The predicted octanol–water partition coefficient (Wildman–Crippen LogP) is -0.312. The number of carbonyl (C=O) groups is 1. The van der Waals surface area contributed by atoms with Crippen molar-refractivity contribution < 1.29 is 26.7 Å². The summed E-state index contributed by atoms with van der Waals surface area (Å²) in [6.07, 6.45) is 1.53. The van der Waals surface area contributed by atoms with Crippen molar-refractivity contribution in [3.05, 3.63) is 0 Å². The van der Waals surface area contributed by atoms with E-state index in [0.717, 1.165) is 4.31 Å². The molecule has 2 aliphatic rings. The Hall–Kier alpha value is -0.670. The highest BCUT2D eigenvalue weighted by Crippen LogP contribution is 2.34. The lowest BCUT2D eigenvalue weighted by atomic mass is 10.1. The first-order valence-electron chi connectivity index (χ1n) is 6.55. The van der Waals surface area contributed by atoms with Crippen molar-refractivity contribution in [2.75, 3.05) is 18.6 Å². The summed E-state index contributed by atoms with van der Waals surface area (Å²) in [5.74, 6) is -2.17. The zero-order valence-corrected chi connectivity index (χ0v) is 12.9. The molecule has 0 aromatic carbocycles. The molecule has 1 heterocycles. The van der Waals surface area contributed by atoms with E-state index in [4.69, 9.17) is 5.11 Å². The van der Waals surface area contributed by atoms with Gasteiger partial charge in [-0.15, -0.1) is 0 Å². The second kappa shape index (κ2) is 5.27. The van der Waals surface area contributed by atoms with Gasteiger partial charge in [0.05, 0.1) is 22.7 Å². The summed E-state index contributed by atoms with van der Waals surface area (Å²) in [7, 11) is -5.60. The maximum atomic E-state index is 12.5. The standard InChI is InChI=1S/C11H19NO6S2/c1-12(8-5-6-19(15,16)7-8)20(17,18)10-4-2-3-9(10)11(13)14/h8-10H,2-7H2,1H3,(H,13,14). The van der Waals surface area contributed by atoms with Gasteiger partial charge in [-0.3, -0.25) is 4.79 Å². The lowest BCUT2D eigenvalue weighted by molar-refractivity contribution is -0.141. The molecule has 1 N–H and O–H groups in total. The molecule has 9 heteroatoms. The van der Waals surface area contributed by atoms with Crippen LogP contribution >= 0.6 is 0 Å². The molecule has 1 aliphatic carbocycles. The van der Waals surface area contributed by atoms with E-state index < -0.39 is 43.0 Å². The van der Waals surface area contributed by atoms with Crippen LogP contribution < -0.4 is 0 Å². The Kier molecular flexibility index (Phi) is 4.14. The topological polar surface area (TPSA) is 109 Å². The third-order valence-electron chi connectivity index (χ3n) is 4.28. The average Bonchev–Trinajstić information content (AvgIpc) is 2.94. The number of rotatable bonds is 4. The van der Waals surface area contributed by atoms with Crippen molar-refractivity contribution in [2.24, 2.45) is 5.92 Å². The van der Waals surface area contributed by atoms with E-state index in [9.17, 15) is 21.6 Å². The number of hydrogen-bond donors (Lipinski definition) is 1. The first-order chi connectivity index (χ1) is 9.15. The number of sulfone groups is 1. The Morgan fingerprint density at radius 3 is 2.40 bits per heavy atom. The van der Waals surface area contributed by atoms with Gasteiger partial charge in [-0.25, -0.2) is 21.1 Å². The van der Waals surface area contributed by atoms with Gasteiger partial charge in [0.2, 0.25) is 10.0 Å². The molecule has 2 rings (SSSR count). The summed E-state index contributed by atoms with van der Waals surface area (Å²) in [6.45, 7) is 0. The normalized spacial score (nSPS) is 33.6. The molecule has 0 radical (unpaired) electrons. The predicted molar refractivity (Wildman–Crippen MR) is 72.5 cm³/mol. The molecule has 3 unspecified atom stereocenters. The van der Waals surface area contributed by atoms with E-state index in [1.54, 1.807) is 0 Å². The van der Waals surface area contributed by atoms with E-state index in [0.29, 0.717) is 19.3 Å². The third kappa shape index (κ3) is 2.84. The minimum atomic E-state index is -3.78. The van der Waals surface area contributed by atoms with Crippen LogP contribution in [0.2, 0.25) is 0 Å². The minimum Gasteiger partial charge on any atom is -0.481 e. The molecule has 20 heavy (non-hydrogen) atoms. The Morgan fingerprint density at radius 2 is 1.90 bits per heavy atom. The maximum absolute atomic E-state index is 12.5. The number of carboxylic acids is 1. The third-order valence-corrected chi connectivity index (χ3v) is 8.46. The molecule has 2 fully saturated rings. The second-order valence-electron chi connectivity index (χ2n) is 5.53. The van der Waals surface area contributed by atoms with Crippen molar-refractivity contribution in [1.82, 2.24) is 4.31 Å². The Balaban J connectivity index is 2.20. The average molecular weight is 325 g/mol. The van der Waals surface area contributed by atoms with Crippen LogP contribution in [0.25, 0.3) is 0 Å². The Bertz CT molecular complexity index is 596. The van der Waals surface area contributed by atoms with Crippen molar-refractivity contribution in [2.45, 2.75) is 37.0 Å². The van der Waals surface area contributed by atoms with E-state index >= 15 is 0 Å². The van der Waals surface area contributed by atoms with Crippen LogP contribution in [-0.4, -0.2) is 62.1 Å². The van der Waals surface area contributed by atoms with Gasteiger partial charge in [0.25, 0.3) is 0 Å². The van der Waals surface area contributed by atoms with E-state index in [1.807, 2.05) is 0 Å². The summed E-state index contributed by atoms with van der Waals surface area (Å²) in [6, 6.07) is -0.569. The van der Waals surface area contributed by atoms with Crippen molar-refractivity contribution in [3.8, 4) is 0 Å². The van der Waals surface area contributed by atoms with Crippen LogP contribution in [0, 0.1) is 5.92 Å². The van der Waals surface area contributed by atoms with Gasteiger partial charge < -0.3 is 5.11 Å². The smallest absolute Gasteiger partial charge is 0.307 e. The molecule has 3 atom stereocenters. The molecule has 1 saturated heterocycles. The number of hydrogen-bond acceptors (Lipinski definition) is 5. The lowest BCUT2D eigenvalue weighted by Crippen LogP contribution is -2.45. The monoisotopic (exact) mass is 325 g/mol. The van der Waals surface area contributed by atoms with Crippen molar-refractivity contribution in [1.29, 1.82) is 0 Å². The van der Waals surface area contributed by atoms with Crippen LogP contribution in [0.1, 0.15) is 25.7 Å². The van der Waals surface area contributed by atoms with Gasteiger partial charge in [-0.1, -0.05) is 6.42 Å².